The topological polar surface area (TPSA) is 191 Å². The molecular weight excluding hydrogens is 254 g/mol. The van der Waals surface area contributed by atoms with Gasteiger partial charge in [-0.1, -0.05) is 0 Å². The van der Waals surface area contributed by atoms with Crippen LogP contribution >= 0.6 is 7.82 Å². The number of phosphoric acid groups is 1. The number of hydrogen-bond acceptors (Lipinski definition) is 7. The summed E-state index contributed by atoms with van der Waals surface area (Å²) in [6, 6.07) is 0. The molecule has 0 saturated heterocycles. The average Bonchev–Trinajstić information content (AvgIpc) is 0.722. The summed E-state index contributed by atoms with van der Waals surface area (Å²) in [6.45, 7) is 0. The molecule has 0 bridgehead atoms. The van der Waals surface area contributed by atoms with Crippen molar-refractivity contribution in [3.63, 3.8) is 0 Å². The van der Waals surface area contributed by atoms with Gasteiger partial charge < -0.3 is 37.7 Å². The first-order valence-electron chi connectivity index (χ1n) is 0.730. The molecule has 7 nitrogen and oxygen atoms in total. The van der Waals surface area contributed by atoms with E-state index in [1.54, 1.807) is 0 Å². The minimum absolute atomic E-state index is 0. The minimum atomic E-state index is -5.39. The van der Waals surface area contributed by atoms with Crippen LogP contribution in [0.25, 0.3) is 0 Å². The van der Waals surface area contributed by atoms with Crippen LogP contribution in [0.3, 0.4) is 0 Å². The van der Waals surface area contributed by atoms with Crippen molar-refractivity contribution >= 4 is 7.82 Å². The summed E-state index contributed by atoms with van der Waals surface area (Å²) in [6.07, 6.45) is 0. The SMILES string of the molecule is N.N.N.O=P([O-])([O-])[O-].[K+].[K+].[K+]. The zero-order valence-electron chi connectivity index (χ0n) is 7.20. The largest absolute Gasteiger partial charge is 1.00 e. The van der Waals surface area contributed by atoms with Gasteiger partial charge in [-0.25, -0.2) is 0 Å². The fourth-order valence-electron chi connectivity index (χ4n) is 0. The smallest absolute Gasteiger partial charge is 0.822 e. The third kappa shape index (κ3) is 103. The van der Waals surface area contributed by atoms with Crippen LogP contribution < -0.4 is 187 Å². The second-order valence-electron chi connectivity index (χ2n) is 0.447. The van der Waals surface area contributed by atoms with Gasteiger partial charge in [-0.05, 0) is 0 Å². The van der Waals surface area contributed by atoms with Crippen LogP contribution in [0.4, 0.5) is 0 Å². The molecule has 0 aliphatic carbocycles. The first-order valence-corrected chi connectivity index (χ1v) is 2.19. The van der Waals surface area contributed by atoms with Crippen molar-refractivity contribution in [3.05, 3.63) is 0 Å². The predicted molar refractivity (Wildman–Crippen MR) is 22.7 cm³/mol. The molecule has 0 aromatic heterocycles. The van der Waals surface area contributed by atoms with Gasteiger partial charge in [-0.2, -0.15) is 7.82 Å². The number of rotatable bonds is 0. The van der Waals surface area contributed by atoms with E-state index in [0.29, 0.717) is 0 Å². The van der Waals surface area contributed by atoms with E-state index in [1.807, 2.05) is 0 Å². The second kappa shape index (κ2) is 24.2. The minimum Gasteiger partial charge on any atom is -0.822 e. The molecule has 0 radical (unpaired) electrons. The summed E-state index contributed by atoms with van der Waals surface area (Å²) < 4.78 is 8.55. The van der Waals surface area contributed by atoms with Crippen molar-refractivity contribution in [2.45, 2.75) is 0 Å². The van der Waals surface area contributed by atoms with Crippen LogP contribution in [-0.4, -0.2) is 0 Å². The molecule has 11 heteroatoms. The van der Waals surface area contributed by atoms with Gasteiger partial charge in [-0.3, -0.25) is 0 Å². The Kier molecular flexibility index (Phi) is 98.2. The molecule has 56 valence electrons. The summed E-state index contributed by atoms with van der Waals surface area (Å²) in [5, 5.41) is 0. The first kappa shape index (κ1) is 44.6. The van der Waals surface area contributed by atoms with Crippen LogP contribution in [0.5, 0.6) is 0 Å². The Hall–Kier alpha value is 4.90. The molecule has 0 aliphatic heterocycles. The Morgan fingerprint density at radius 2 is 0.727 bits per heavy atom. The van der Waals surface area contributed by atoms with Crippen molar-refractivity contribution in [1.82, 2.24) is 18.5 Å². The molecule has 0 aliphatic rings. The Bertz CT molecular complexity index is 66.7. The molecule has 0 spiro atoms. The molecular formula is H9K3N3O4P. The predicted octanol–water partition coefficient (Wildman–Crippen LogP) is -11.3. The summed E-state index contributed by atoms with van der Waals surface area (Å²) in [5.74, 6) is 0. The summed E-state index contributed by atoms with van der Waals surface area (Å²) >= 11 is 0. The average molecular weight is 263 g/mol. The third-order valence-electron chi connectivity index (χ3n) is 0. The van der Waals surface area contributed by atoms with Gasteiger partial charge in [0.05, 0.1) is 0 Å². The zero-order chi connectivity index (χ0) is 4.50. The molecule has 0 unspecified atom stereocenters. The standard InChI is InChI=1S/3K.3H3N.H3O4P/c;;;;;;1-5(2,3)4/h;;;3*1H3;(H3,1,2,3,4)/q3*+1;;;;/p-3. The Balaban J connectivity index is -0.00000000533. The molecule has 0 amide bonds. The van der Waals surface area contributed by atoms with Gasteiger partial charge in [0.1, 0.15) is 0 Å². The Morgan fingerprint density at radius 3 is 0.727 bits per heavy atom. The monoisotopic (exact) mass is 263 g/mol. The quantitative estimate of drug-likeness (QED) is 0.285. The van der Waals surface area contributed by atoms with Crippen LogP contribution in [0.2, 0.25) is 0 Å². The van der Waals surface area contributed by atoms with Crippen molar-refractivity contribution in [3.8, 4) is 0 Å². The van der Waals surface area contributed by atoms with E-state index in [4.69, 9.17) is 19.2 Å². The van der Waals surface area contributed by atoms with E-state index in [2.05, 4.69) is 0 Å². The number of hydrogen-bond donors (Lipinski definition) is 3. The molecule has 0 heterocycles. The van der Waals surface area contributed by atoms with Crippen molar-refractivity contribution in [2.24, 2.45) is 0 Å². The first-order chi connectivity index (χ1) is 2.00. The van der Waals surface area contributed by atoms with E-state index >= 15 is 0 Å². The van der Waals surface area contributed by atoms with Crippen molar-refractivity contribution in [1.29, 1.82) is 0 Å². The van der Waals surface area contributed by atoms with Crippen LogP contribution in [0.1, 0.15) is 0 Å². The fraction of sp³-hybridized carbons (Fsp3) is 0. The summed E-state index contributed by atoms with van der Waals surface area (Å²) in [5.41, 5.74) is 0. The molecule has 0 atom stereocenters. The van der Waals surface area contributed by atoms with Gasteiger partial charge >= 0.3 is 154 Å². The molecule has 0 rings (SSSR count). The molecule has 11 heavy (non-hydrogen) atoms. The van der Waals surface area contributed by atoms with E-state index in [9.17, 15) is 0 Å². The molecule has 0 fully saturated rings. The van der Waals surface area contributed by atoms with Crippen LogP contribution in [0, 0.1) is 0 Å². The van der Waals surface area contributed by atoms with Gasteiger partial charge in [0.15, 0.2) is 0 Å². The van der Waals surface area contributed by atoms with Crippen molar-refractivity contribution in [2.75, 3.05) is 0 Å². The maximum absolute atomic E-state index is 8.55. The van der Waals surface area contributed by atoms with E-state index in [-0.39, 0.29) is 173 Å². The zero-order valence-corrected chi connectivity index (χ0v) is 17.5. The maximum atomic E-state index is 8.55. The van der Waals surface area contributed by atoms with E-state index < -0.39 is 7.82 Å². The van der Waals surface area contributed by atoms with E-state index in [0.717, 1.165) is 0 Å². The molecule has 9 N–H and O–H groups in total. The van der Waals surface area contributed by atoms with Gasteiger partial charge in [0.2, 0.25) is 0 Å². The second-order valence-corrected chi connectivity index (χ2v) is 1.34. The summed E-state index contributed by atoms with van der Waals surface area (Å²) in [4.78, 5) is 25.6. The van der Waals surface area contributed by atoms with Crippen molar-refractivity contribution < 1.29 is 173 Å². The Morgan fingerprint density at radius 1 is 0.727 bits per heavy atom. The van der Waals surface area contributed by atoms with E-state index in [1.165, 1.54) is 0 Å². The maximum Gasteiger partial charge on any atom is 1.00 e. The third-order valence-corrected chi connectivity index (χ3v) is 0. The van der Waals surface area contributed by atoms with Gasteiger partial charge in [-0.15, -0.1) is 0 Å². The van der Waals surface area contributed by atoms with Crippen LogP contribution in [0.15, 0.2) is 0 Å². The summed E-state index contributed by atoms with van der Waals surface area (Å²) in [7, 11) is -5.39. The Labute approximate surface area is 193 Å². The fourth-order valence-corrected chi connectivity index (χ4v) is 0. The normalized spacial score (nSPS) is 5.36. The van der Waals surface area contributed by atoms with Gasteiger partial charge in [0, 0.05) is 0 Å². The molecule has 0 aromatic rings. The van der Waals surface area contributed by atoms with Crippen LogP contribution in [-0.2, 0) is 4.57 Å². The molecule has 0 saturated carbocycles. The molecule has 0 aromatic carbocycles. The van der Waals surface area contributed by atoms with Gasteiger partial charge in [0.25, 0.3) is 0 Å².